The van der Waals surface area contributed by atoms with Crippen LogP contribution in [0.3, 0.4) is 0 Å². The molecule has 6 nitrogen and oxygen atoms in total. The zero-order valence-corrected chi connectivity index (χ0v) is 14.1. The van der Waals surface area contributed by atoms with Crippen molar-refractivity contribution in [1.82, 2.24) is 0 Å². The van der Waals surface area contributed by atoms with E-state index in [2.05, 4.69) is 0 Å². The van der Waals surface area contributed by atoms with Crippen LogP contribution in [0.1, 0.15) is 19.4 Å². The summed E-state index contributed by atoms with van der Waals surface area (Å²) in [4.78, 5) is 12.8. The summed E-state index contributed by atoms with van der Waals surface area (Å²) in [5.74, 6) is -0.684. The number of hydrogen-bond donors (Lipinski definition) is 3. The Morgan fingerprint density at radius 2 is 1.92 bits per heavy atom. The summed E-state index contributed by atoms with van der Waals surface area (Å²) in [5.41, 5.74) is 0.746. The van der Waals surface area contributed by atoms with Crippen LogP contribution >= 0.6 is 0 Å². The van der Waals surface area contributed by atoms with E-state index in [0.717, 1.165) is 5.57 Å². The second kappa shape index (κ2) is 6.05. The molecule has 1 heterocycles. The third kappa shape index (κ3) is 2.65. The maximum atomic E-state index is 12.8. The van der Waals surface area contributed by atoms with Gasteiger partial charge < -0.3 is 24.5 Å². The van der Waals surface area contributed by atoms with Gasteiger partial charge in [-0.2, -0.15) is 0 Å². The number of allylic oxidation sites excluding steroid dienone is 2. The largest absolute Gasteiger partial charge is 0.508 e. The molecule has 0 fully saturated rings. The highest BCUT2D eigenvalue weighted by atomic mass is 16.5. The second-order valence-electron chi connectivity index (χ2n) is 6.01. The zero-order valence-electron chi connectivity index (χ0n) is 14.1. The molecule has 0 aliphatic heterocycles. The van der Waals surface area contributed by atoms with Gasteiger partial charge in [-0.15, -0.1) is 0 Å². The normalized spacial score (nSPS) is 11.0. The first kappa shape index (κ1) is 16.7. The number of methoxy groups -OCH3 is 1. The van der Waals surface area contributed by atoms with Crippen LogP contribution in [0.25, 0.3) is 21.9 Å². The van der Waals surface area contributed by atoms with Gasteiger partial charge in [0.2, 0.25) is 11.2 Å². The SMILES string of the molecule is COc1c(CC=C(C)C)c(O)c2c(=O)c3ccc(O)cc3oc2c1O. The molecule has 6 heteroatoms. The third-order valence-electron chi connectivity index (χ3n) is 4.02. The van der Waals surface area contributed by atoms with E-state index in [1.54, 1.807) is 0 Å². The molecule has 0 spiro atoms. The molecule has 0 aliphatic rings. The summed E-state index contributed by atoms with van der Waals surface area (Å²) in [7, 11) is 1.36. The van der Waals surface area contributed by atoms with E-state index >= 15 is 0 Å². The summed E-state index contributed by atoms with van der Waals surface area (Å²) in [6, 6.07) is 4.04. The van der Waals surface area contributed by atoms with Gasteiger partial charge in [-0.3, -0.25) is 4.79 Å². The Morgan fingerprint density at radius 3 is 2.56 bits per heavy atom. The van der Waals surface area contributed by atoms with Gasteiger partial charge in [-0.25, -0.2) is 0 Å². The van der Waals surface area contributed by atoms with Crippen molar-refractivity contribution in [2.45, 2.75) is 20.3 Å². The van der Waals surface area contributed by atoms with Gasteiger partial charge in [0.05, 0.1) is 12.5 Å². The summed E-state index contributed by atoms with van der Waals surface area (Å²) < 4.78 is 10.8. The van der Waals surface area contributed by atoms with E-state index in [1.165, 1.54) is 25.3 Å². The smallest absolute Gasteiger partial charge is 0.204 e. The number of ether oxygens (including phenoxy) is 1. The number of rotatable bonds is 3. The molecule has 0 atom stereocenters. The highest BCUT2D eigenvalue weighted by Gasteiger charge is 2.24. The maximum Gasteiger partial charge on any atom is 0.204 e. The minimum absolute atomic E-state index is 0.0464. The van der Waals surface area contributed by atoms with E-state index in [-0.39, 0.29) is 51.4 Å². The average molecular weight is 342 g/mol. The van der Waals surface area contributed by atoms with Crippen molar-refractivity contribution in [3.05, 3.63) is 45.6 Å². The van der Waals surface area contributed by atoms with Gasteiger partial charge in [-0.1, -0.05) is 11.6 Å². The lowest BCUT2D eigenvalue weighted by atomic mass is 10.0. The zero-order chi connectivity index (χ0) is 18.3. The fraction of sp³-hybridized carbons (Fsp3) is 0.211. The second-order valence-corrected chi connectivity index (χ2v) is 6.01. The summed E-state index contributed by atoms with van der Waals surface area (Å²) in [5, 5.41) is 30.8. The van der Waals surface area contributed by atoms with Crippen molar-refractivity contribution < 1.29 is 24.5 Å². The Hall–Kier alpha value is -3.15. The molecule has 130 valence electrons. The molecule has 3 N–H and O–H groups in total. The molecule has 3 rings (SSSR count). The van der Waals surface area contributed by atoms with Crippen molar-refractivity contribution in [3.8, 4) is 23.0 Å². The van der Waals surface area contributed by atoms with E-state index < -0.39 is 5.43 Å². The number of phenols is 3. The molecule has 0 bridgehead atoms. The van der Waals surface area contributed by atoms with Crippen LogP contribution in [0.2, 0.25) is 0 Å². The summed E-state index contributed by atoms with van der Waals surface area (Å²) in [6.45, 7) is 3.80. The van der Waals surface area contributed by atoms with Crippen molar-refractivity contribution in [3.63, 3.8) is 0 Å². The predicted molar refractivity (Wildman–Crippen MR) is 94.7 cm³/mol. The molecule has 0 amide bonds. The number of hydrogen-bond acceptors (Lipinski definition) is 6. The quantitative estimate of drug-likeness (QED) is 0.382. The lowest BCUT2D eigenvalue weighted by molar-refractivity contribution is 0.363. The van der Waals surface area contributed by atoms with Crippen LogP contribution in [0, 0.1) is 0 Å². The van der Waals surface area contributed by atoms with Crippen LogP contribution < -0.4 is 10.2 Å². The minimum atomic E-state index is -0.495. The highest BCUT2D eigenvalue weighted by Crippen LogP contribution is 2.44. The Morgan fingerprint density at radius 1 is 1.20 bits per heavy atom. The maximum absolute atomic E-state index is 12.8. The van der Waals surface area contributed by atoms with Gasteiger partial charge in [0, 0.05) is 11.6 Å². The van der Waals surface area contributed by atoms with E-state index in [1.807, 2.05) is 19.9 Å². The summed E-state index contributed by atoms with van der Waals surface area (Å²) >= 11 is 0. The molecule has 0 saturated heterocycles. The first-order valence-corrected chi connectivity index (χ1v) is 7.68. The average Bonchev–Trinajstić information content (AvgIpc) is 2.56. The number of fused-ring (bicyclic) bond motifs is 2. The van der Waals surface area contributed by atoms with Gasteiger partial charge in [0.1, 0.15) is 22.5 Å². The fourth-order valence-corrected chi connectivity index (χ4v) is 2.78. The first-order chi connectivity index (χ1) is 11.8. The third-order valence-corrected chi connectivity index (χ3v) is 4.02. The number of aromatic hydroxyl groups is 3. The van der Waals surface area contributed by atoms with Gasteiger partial charge in [0.15, 0.2) is 11.3 Å². The van der Waals surface area contributed by atoms with E-state index in [0.29, 0.717) is 5.56 Å². The van der Waals surface area contributed by atoms with Crippen molar-refractivity contribution in [2.24, 2.45) is 0 Å². The van der Waals surface area contributed by atoms with Crippen molar-refractivity contribution in [1.29, 1.82) is 0 Å². The fourth-order valence-electron chi connectivity index (χ4n) is 2.78. The Labute approximate surface area is 143 Å². The summed E-state index contributed by atoms with van der Waals surface area (Å²) in [6.07, 6.45) is 2.14. The van der Waals surface area contributed by atoms with E-state index in [4.69, 9.17) is 9.15 Å². The lowest BCUT2D eigenvalue weighted by Gasteiger charge is -2.14. The molecule has 0 unspecified atom stereocenters. The molecular formula is C19H18O6. The first-order valence-electron chi connectivity index (χ1n) is 7.68. The molecule has 0 aliphatic carbocycles. The van der Waals surface area contributed by atoms with Gasteiger partial charge in [-0.05, 0) is 32.4 Å². The minimum Gasteiger partial charge on any atom is -0.508 e. The van der Waals surface area contributed by atoms with Crippen LogP contribution in [0.4, 0.5) is 0 Å². The Bertz CT molecular complexity index is 1070. The molecule has 3 aromatic rings. The topological polar surface area (TPSA) is 100 Å². The predicted octanol–water partition coefficient (Wildman–Crippen LogP) is 3.58. The molecule has 0 radical (unpaired) electrons. The van der Waals surface area contributed by atoms with Crippen LogP contribution in [0.15, 0.2) is 39.1 Å². The Kier molecular flexibility index (Phi) is 4.04. The monoisotopic (exact) mass is 342 g/mol. The van der Waals surface area contributed by atoms with E-state index in [9.17, 15) is 20.1 Å². The van der Waals surface area contributed by atoms with Crippen LogP contribution in [-0.4, -0.2) is 22.4 Å². The number of phenolic OH excluding ortho intramolecular Hbond substituents is 3. The number of benzene rings is 2. The standard InChI is InChI=1S/C19H18O6/c1-9(2)4-6-12-16(22)14-15(21)11-7-5-10(20)8-13(11)25-19(14)17(23)18(12)24-3/h4-5,7-8,20,22-23H,6H2,1-3H3. The van der Waals surface area contributed by atoms with Crippen molar-refractivity contribution >= 4 is 21.9 Å². The van der Waals surface area contributed by atoms with Crippen molar-refractivity contribution in [2.75, 3.05) is 7.11 Å². The molecule has 25 heavy (non-hydrogen) atoms. The highest BCUT2D eigenvalue weighted by molar-refractivity contribution is 5.98. The van der Waals surface area contributed by atoms with Crippen LogP contribution in [0.5, 0.6) is 23.0 Å². The van der Waals surface area contributed by atoms with Crippen LogP contribution in [-0.2, 0) is 6.42 Å². The lowest BCUT2D eigenvalue weighted by Crippen LogP contribution is -2.05. The molecule has 0 saturated carbocycles. The van der Waals surface area contributed by atoms with Gasteiger partial charge in [0.25, 0.3) is 0 Å². The molecule has 1 aromatic heterocycles. The molecular weight excluding hydrogens is 324 g/mol. The Balaban J connectivity index is 2.48. The van der Waals surface area contributed by atoms with Gasteiger partial charge >= 0.3 is 0 Å². The molecule has 2 aromatic carbocycles.